The Balaban J connectivity index is 2.01. The van der Waals surface area contributed by atoms with E-state index in [1.807, 2.05) is 19.1 Å². The predicted octanol–water partition coefficient (Wildman–Crippen LogP) is 3.51. The van der Waals surface area contributed by atoms with Gasteiger partial charge in [0.25, 0.3) is 5.91 Å². The molecule has 0 bridgehead atoms. The summed E-state index contributed by atoms with van der Waals surface area (Å²) in [6, 6.07) is 15.0. The lowest BCUT2D eigenvalue weighted by atomic mass is 10.1. The molecule has 0 radical (unpaired) electrons. The molecule has 2 rings (SSSR count). The van der Waals surface area contributed by atoms with Gasteiger partial charge >= 0.3 is 0 Å². The molecular formula is C21H24N4O2. The summed E-state index contributed by atoms with van der Waals surface area (Å²) in [5.41, 5.74) is 6.08. The first-order chi connectivity index (χ1) is 13.1. The zero-order chi connectivity index (χ0) is 19.6. The first-order valence-electron chi connectivity index (χ1n) is 8.79. The zero-order valence-electron chi connectivity index (χ0n) is 15.9. The fourth-order valence-corrected chi connectivity index (χ4v) is 2.62. The van der Waals surface area contributed by atoms with Crippen molar-refractivity contribution in [3.63, 3.8) is 0 Å². The van der Waals surface area contributed by atoms with Crippen molar-refractivity contribution >= 4 is 17.8 Å². The minimum absolute atomic E-state index is 0.281. The number of benzene rings is 2. The van der Waals surface area contributed by atoms with Crippen LogP contribution in [0.15, 0.2) is 47.6 Å². The Morgan fingerprint density at radius 3 is 2.63 bits per heavy atom. The second-order valence-electron chi connectivity index (χ2n) is 5.96. The second-order valence-corrected chi connectivity index (χ2v) is 5.96. The monoisotopic (exact) mass is 364 g/mol. The first-order valence-corrected chi connectivity index (χ1v) is 8.79. The Bertz CT molecular complexity index is 838. The highest BCUT2D eigenvalue weighted by molar-refractivity contribution is 5.95. The third-order valence-corrected chi connectivity index (χ3v) is 4.22. The molecule has 0 saturated heterocycles. The molecule has 0 atom stereocenters. The molecule has 0 fully saturated rings. The van der Waals surface area contributed by atoms with Crippen LogP contribution in [0.3, 0.4) is 0 Å². The molecule has 0 aromatic heterocycles. The summed E-state index contributed by atoms with van der Waals surface area (Å²) in [6.45, 7) is 5.61. The standard InChI is InChI=1S/C21H24N4O2/c1-4-25(13-5-12-22)19-9-6-18(16(2)14-19)15-23-24-21(26)17-7-10-20(27-3)11-8-17/h6-11,14-15H,4-5,13H2,1-3H3,(H,24,26)/b23-15-. The molecule has 0 aliphatic rings. The molecule has 0 unspecified atom stereocenters. The number of hydrogen-bond donors (Lipinski definition) is 1. The quantitative estimate of drug-likeness (QED) is 0.574. The summed E-state index contributed by atoms with van der Waals surface area (Å²) < 4.78 is 5.08. The molecule has 0 saturated carbocycles. The zero-order valence-corrected chi connectivity index (χ0v) is 15.9. The summed E-state index contributed by atoms with van der Waals surface area (Å²) in [6.07, 6.45) is 2.12. The van der Waals surface area contributed by atoms with Crippen molar-refractivity contribution in [2.75, 3.05) is 25.1 Å². The lowest BCUT2D eigenvalue weighted by molar-refractivity contribution is 0.0955. The van der Waals surface area contributed by atoms with Crippen LogP contribution in [0.1, 0.15) is 34.8 Å². The number of aryl methyl sites for hydroxylation is 1. The molecule has 1 N–H and O–H groups in total. The van der Waals surface area contributed by atoms with Crippen molar-refractivity contribution in [2.45, 2.75) is 20.3 Å². The highest BCUT2D eigenvalue weighted by atomic mass is 16.5. The van der Waals surface area contributed by atoms with Crippen molar-refractivity contribution in [1.82, 2.24) is 5.43 Å². The van der Waals surface area contributed by atoms with Crippen LogP contribution in [0.2, 0.25) is 0 Å². The van der Waals surface area contributed by atoms with E-state index < -0.39 is 0 Å². The molecule has 0 aliphatic carbocycles. The van der Waals surface area contributed by atoms with Crippen LogP contribution >= 0.6 is 0 Å². The number of ether oxygens (including phenoxy) is 1. The molecule has 2 aromatic carbocycles. The van der Waals surface area contributed by atoms with E-state index in [1.54, 1.807) is 37.6 Å². The molecule has 27 heavy (non-hydrogen) atoms. The maximum absolute atomic E-state index is 12.1. The third kappa shape index (κ3) is 5.58. The summed E-state index contributed by atoms with van der Waals surface area (Å²) >= 11 is 0. The van der Waals surface area contributed by atoms with E-state index in [9.17, 15) is 4.79 Å². The lowest BCUT2D eigenvalue weighted by Gasteiger charge is -2.22. The molecule has 6 nitrogen and oxygen atoms in total. The van der Waals surface area contributed by atoms with Gasteiger partial charge in [0, 0.05) is 24.3 Å². The lowest BCUT2D eigenvalue weighted by Crippen LogP contribution is -2.23. The van der Waals surface area contributed by atoms with Crippen LogP contribution in [-0.4, -0.2) is 32.3 Å². The minimum Gasteiger partial charge on any atom is -0.497 e. The highest BCUT2D eigenvalue weighted by Crippen LogP contribution is 2.18. The van der Waals surface area contributed by atoms with Gasteiger partial charge in [0.1, 0.15) is 5.75 Å². The minimum atomic E-state index is -0.281. The van der Waals surface area contributed by atoms with Gasteiger partial charge in [-0.2, -0.15) is 10.4 Å². The predicted molar refractivity (Wildman–Crippen MR) is 107 cm³/mol. The second kappa shape index (κ2) is 9.97. The highest BCUT2D eigenvalue weighted by Gasteiger charge is 2.07. The van der Waals surface area contributed by atoms with Crippen LogP contribution in [0.4, 0.5) is 5.69 Å². The van der Waals surface area contributed by atoms with Gasteiger partial charge < -0.3 is 9.64 Å². The Labute approximate surface area is 160 Å². The number of hydrazone groups is 1. The van der Waals surface area contributed by atoms with Gasteiger partial charge in [-0.25, -0.2) is 5.43 Å². The van der Waals surface area contributed by atoms with Crippen LogP contribution < -0.4 is 15.1 Å². The van der Waals surface area contributed by atoms with E-state index in [0.29, 0.717) is 24.3 Å². The van der Waals surface area contributed by atoms with E-state index in [1.165, 1.54) is 0 Å². The van der Waals surface area contributed by atoms with Gasteiger partial charge in [0.05, 0.1) is 25.8 Å². The van der Waals surface area contributed by atoms with Gasteiger partial charge in [-0.15, -0.1) is 0 Å². The number of hydrogen-bond acceptors (Lipinski definition) is 5. The fourth-order valence-electron chi connectivity index (χ4n) is 2.62. The number of carbonyl (C=O) groups excluding carboxylic acids is 1. The number of methoxy groups -OCH3 is 1. The van der Waals surface area contributed by atoms with Crippen LogP contribution in [0, 0.1) is 18.3 Å². The molecule has 1 amide bonds. The largest absolute Gasteiger partial charge is 0.497 e. The maximum Gasteiger partial charge on any atom is 0.271 e. The van der Waals surface area contributed by atoms with Crippen molar-refractivity contribution < 1.29 is 9.53 Å². The maximum atomic E-state index is 12.1. The van der Waals surface area contributed by atoms with E-state index in [0.717, 1.165) is 23.4 Å². The Hall–Kier alpha value is -3.33. The van der Waals surface area contributed by atoms with Gasteiger partial charge in [-0.05, 0) is 61.4 Å². The van der Waals surface area contributed by atoms with Crippen molar-refractivity contribution in [3.05, 3.63) is 59.2 Å². The number of nitrogens with one attached hydrogen (secondary N) is 1. The number of anilines is 1. The number of amides is 1. The summed E-state index contributed by atoms with van der Waals surface area (Å²) in [5, 5.41) is 12.8. The first kappa shape index (κ1) is 20.0. The van der Waals surface area contributed by atoms with Crippen molar-refractivity contribution in [3.8, 4) is 11.8 Å². The number of rotatable bonds is 8. The summed E-state index contributed by atoms with van der Waals surface area (Å²) in [5.74, 6) is 0.415. The average molecular weight is 364 g/mol. The van der Waals surface area contributed by atoms with Gasteiger partial charge in [-0.3, -0.25) is 4.79 Å². The Morgan fingerprint density at radius 2 is 2.04 bits per heavy atom. The number of nitriles is 1. The molecule has 6 heteroatoms. The van der Waals surface area contributed by atoms with E-state index >= 15 is 0 Å². The van der Waals surface area contributed by atoms with Crippen LogP contribution in [0.5, 0.6) is 5.75 Å². The Morgan fingerprint density at radius 1 is 1.30 bits per heavy atom. The molecule has 2 aromatic rings. The van der Waals surface area contributed by atoms with Crippen LogP contribution in [-0.2, 0) is 0 Å². The molecule has 140 valence electrons. The van der Waals surface area contributed by atoms with Gasteiger partial charge in [0.2, 0.25) is 0 Å². The molecule has 0 aliphatic heterocycles. The third-order valence-electron chi connectivity index (χ3n) is 4.22. The number of nitrogens with zero attached hydrogens (tertiary/aromatic N) is 3. The average Bonchev–Trinajstić information content (AvgIpc) is 2.70. The molecule has 0 spiro atoms. The van der Waals surface area contributed by atoms with E-state index in [2.05, 4.69) is 34.5 Å². The normalized spacial score (nSPS) is 10.4. The van der Waals surface area contributed by atoms with E-state index in [4.69, 9.17) is 10.00 Å². The Kier molecular flexibility index (Phi) is 7.38. The molecule has 0 heterocycles. The van der Waals surface area contributed by atoms with Gasteiger partial charge in [0.15, 0.2) is 0 Å². The number of carbonyl (C=O) groups is 1. The smallest absolute Gasteiger partial charge is 0.271 e. The van der Waals surface area contributed by atoms with Crippen molar-refractivity contribution in [2.24, 2.45) is 5.10 Å². The van der Waals surface area contributed by atoms with Crippen LogP contribution in [0.25, 0.3) is 0 Å². The fraction of sp³-hybridized carbons (Fsp3) is 0.286. The SMILES string of the molecule is CCN(CCC#N)c1ccc(/C=N\NC(=O)c2ccc(OC)cc2)c(C)c1. The van der Waals surface area contributed by atoms with Crippen molar-refractivity contribution in [1.29, 1.82) is 5.26 Å². The summed E-state index contributed by atoms with van der Waals surface area (Å²) in [4.78, 5) is 14.3. The molecular weight excluding hydrogens is 340 g/mol. The summed E-state index contributed by atoms with van der Waals surface area (Å²) in [7, 11) is 1.58. The van der Waals surface area contributed by atoms with Gasteiger partial charge in [-0.1, -0.05) is 6.07 Å². The topological polar surface area (TPSA) is 77.7 Å². The van der Waals surface area contributed by atoms with E-state index in [-0.39, 0.29) is 5.91 Å².